The molecule has 0 atom stereocenters. The van der Waals surface area contributed by atoms with Crippen LogP contribution in [0.5, 0.6) is 0 Å². The van der Waals surface area contributed by atoms with Gasteiger partial charge in [-0.1, -0.05) is 48.0 Å². The smallest absolute Gasteiger partial charge is 0.257 e. The summed E-state index contributed by atoms with van der Waals surface area (Å²) in [6, 6.07) is 20.6. The molecule has 0 bridgehead atoms. The largest absolute Gasteiger partial charge is 0.367 e. The van der Waals surface area contributed by atoms with Crippen molar-refractivity contribution in [3.05, 3.63) is 94.0 Å². The summed E-state index contributed by atoms with van der Waals surface area (Å²) in [5, 5.41) is 6.50. The van der Waals surface area contributed by atoms with Crippen LogP contribution in [0.3, 0.4) is 0 Å². The van der Waals surface area contributed by atoms with Crippen LogP contribution in [-0.2, 0) is 0 Å². The predicted octanol–water partition coefficient (Wildman–Crippen LogP) is 5.05. The number of carbonyl (C=O) groups excluding carboxylic acids is 2. The standard InChI is InChI=1S/C27H27ClN4O2S/c1-18-7-3-5-9-21(18)25(33)30-27(35)29-20-11-12-24(23(28)17-20)31-13-15-32(16-14-31)26(34)22-10-6-4-8-19(22)2/h3-12,17H,13-16H2,1-2H3,(H2,29,30,33,35). The van der Waals surface area contributed by atoms with E-state index in [1.54, 1.807) is 12.1 Å². The first-order valence-electron chi connectivity index (χ1n) is 11.4. The average molecular weight is 507 g/mol. The summed E-state index contributed by atoms with van der Waals surface area (Å²) in [5.74, 6) is -0.198. The molecule has 3 aromatic rings. The van der Waals surface area contributed by atoms with Gasteiger partial charge in [-0.3, -0.25) is 14.9 Å². The number of benzene rings is 3. The Morgan fingerprint density at radius 2 is 1.46 bits per heavy atom. The van der Waals surface area contributed by atoms with Crippen molar-refractivity contribution in [2.75, 3.05) is 36.4 Å². The summed E-state index contributed by atoms with van der Waals surface area (Å²) in [6.07, 6.45) is 0. The molecule has 1 saturated heterocycles. The van der Waals surface area contributed by atoms with Crippen molar-refractivity contribution in [3.63, 3.8) is 0 Å². The van der Waals surface area contributed by atoms with Crippen molar-refractivity contribution in [2.45, 2.75) is 13.8 Å². The van der Waals surface area contributed by atoms with Crippen LogP contribution in [0.2, 0.25) is 5.02 Å². The number of aryl methyl sites for hydroxylation is 2. The fourth-order valence-electron chi connectivity index (χ4n) is 4.14. The summed E-state index contributed by atoms with van der Waals surface area (Å²) in [4.78, 5) is 29.4. The Morgan fingerprint density at radius 3 is 2.06 bits per heavy atom. The van der Waals surface area contributed by atoms with E-state index in [9.17, 15) is 9.59 Å². The van der Waals surface area contributed by atoms with E-state index in [4.69, 9.17) is 23.8 Å². The lowest BCUT2D eigenvalue weighted by Gasteiger charge is -2.36. The lowest BCUT2D eigenvalue weighted by atomic mass is 10.1. The van der Waals surface area contributed by atoms with E-state index in [1.165, 1.54) is 0 Å². The second kappa shape index (κ2) is 10.9. The highest BCUT2D eigenvalue weighted by Crippen LogP contribution is 2.30. The van der Waals surface area contributed by atoms with Gasteiger partial charge in [0.2, 0.25) is 0 Å². The molecule has 4 rings (SSSR count). The van der Waals surface area contributed by atoms with E-state index < -0.39 is 0 Å². The number of nitrogens with one attached hydrogen (secondary N) is 2. The van der Waals surface area contributed by atoms with E-state index in [1.807, 2.05) is 73.3 Å². The fraction of sp³-hybridized carbons (Fsp3) is 0.222. The summed E-state index contributed by atoms with van der Waals surface area (Å²) in [5.41, 5.74) is 4.77. The average Bonchev–Trinajstić information content (AvgIpc) is 2.84. The highest BCUT2D eigenvalue weighted by Gasteiger charge is 2.24. The zero-order valence-corrected chi connectivity index (χ0v) is 21.2. The Kier molecular flexibility index (Phi) is 7.68. The van der Waals surface area contributed by atoms with E-state index in [-0.39, 0.29) is 16.9 Å². The van der Waals surface area contributed by atoms with Gasteiger partial charge in [-0.25, -0.2) is 0 Å². The summed E-state index contributed by atoms with van der Waals surface area (Å²) >= 11 is 11.9. The van der Waals surface area contributed by atoms with Crippen LogP contribution in [0.25, 0.3) is 0 Å². The Morgan fingerprint density at radius 1 is 0.857 bits per heavy atom. The molecule has 2 amide bonds. The molecule has 2 N–H and O–H groups in total. The minimum absolute atomic E-state index is 0.0645. The third kappa shape index (κ3) is 5.81. The number of piperazine rings is 1. The maximum Gasteiger partial charge on any atom is 0.257 e. The first kappa shape index (κ1) is 24.7. The molecule has 1 aliphatic rings. The lowest BCUT2D eigenvalue weighted by molar-refractivity contribution is 0.0746. The van der Waals surface area contributed by atoms with E-state index in [2.05, 4.69) is 15.5 Å². The predicted molar refractivity (Wildman–Crippen MR) is 146 cm³/mol. The van der Waals surface area contributed by atoms with E-state index in [0.717, 1.165) is 22.4 Å². The van der Waals surface area contributed by atoms with Gasteiger partial charge < -0.3 is 15.1 Å². The molecule has 0 radical (unpaired) electrons. The monoisotopic (exact) mass is 506 g/mol. The number of amides is 2. The van der Waals surface area contributed by atoms with Crippen LogP contribution in [0.4, 0.5) is 11.4 Å². The van der Waals surface area contributed by atoms with Gasteiger partial charge in [0, 0.05) is 43.0 Å². The second-order valence-electron chi connectivity index (χ2n) is 8.48. The Labute approximate surface area is 215 Å². The number of anilines is 2. The fourth-order valence-corrected chi connectivity index (χ4v) is 4.65. The molecular weight excluding hydrogens is 480 g/mol. The third-order valence-electron chi connectivity index (χ3n) is 6.11. The maximum absolute atomic E-state index is 12.9. The molecular formula is C27H27ClN4O2S. The molecule has 3 aromatic carbocycles. The van der Waals surface area contributed by atoms with E-state index >= 15 is 0 Å². The number of hydrogen-bond donors (Lipinski definition) is 2. The number of hydrogen-bond acceptors (Lipinski definition) is 4. The number of carbonyl (C=O) groups is 2. The van der Waals surface area contributed by atoms with Gasteiger partial charge in [0.1, 0.15) is 0 Å². The molecule has 0 saturated carbocycles. The summed E-state index contributed by atoms with van der Waals surface area (Å²) in [6.45, 7) is 6.46. The first-order valence-corrected chi connectivity index (χ1v) is 12.2. The van der Waals surface area contributed by atoms with E-state index in [0.29, 0.717) is 42.5 Å². The molecule has 0 aliphatic carbocycles. The molecule has 0 spiro atoms. The van der Waals surface area contributed by atoms with Crippen molar-refractivity contribution in [3.8, 4) is 0 Å². The van der Waals surface area contributed by atoms with Gasteiger partial charge in [0.25, 0.3) is 11.8 Å². The maximum atomic E-state index is 12.9. The molecule has 0 unspecified atom stereocenters. The Balaban J connectivity index is 1.34. The minimum Gasteiger partial charge on any atom is -0.367 e. The summed E-state index contributed by atoms with van der Waals surface area (Å²) < 4.78 is 0. The summed E-state index contributed by atoms with van der Waals surface area (Å²) in [7, 11) is 0. The van der Waals surface area contributed by atoms with Crippen LogP contribution in [-0.4, -0.2) is 48.0 Å². The first-order chi connectivity index (χ1) is 16.8. The van der Waals surface area contributed by atoms with Crippen LogP contribution in [0, 0.1) is 13.8 Å². The van der Waals surface area contributed by atoms with Crippen molar-refractivity contribution in [2.24, 2.45) is 0 Å². The van der Waals surface area contributed by atoms with Gasteiger partial charge in [0.15, 0.2) is 5.11 Å². The van der Waals surface area contributed by atoms with Crippen molar-refractivity contribution < 1.29 is 9.59 Å². The molecule has 6 nitrogen and oxygen atoms in total. The highest BCUT2D eigenvalue weighted by atomic mass is 35.5. The quantitative estimate of drug-likeness (QED) is 0.485. The Hall–Kier alpha value is -3.42. The SMILES string of the molecule is Cc1ccccc1C(=O)NC(=S)Nc1ccc(N2CCN(C(=O)c3ccccc3C)CC2)c(Cl)c1. The molecule has 35 heavy (non-hydrogen) atoms. The van der Waals surface area contributed by atoms with Gasteiger partial charge in [-0.2, -0.15) is 0 Å². The van der Waals surface area contributed by atoms with Gasteiger partial charge in [-0.15, -0.1) is 0 Å². The molecule has 1 heterocycles. The minimum atomic E-state index is -0.263. The number of thiocarbonyl (C=S) groups is 1. The van der Waals surface area contributed by atoms with Gasteiger partial charge >= 0.3 is 0 Å². The third-order valence-corrected chi connectivity index (χ3v) is 6.61. The van der Waals surface area contributed by atoms with Crippen molar-refractivity contribution in [1.29, 1.82) is 0 Å². The number of halogens is 1. The molecule has 180 valence electrons. The van der Waals surface area contributed by atoms with Crippen LogP contribution >= 0.6 is 23.8 Å². The molecule has 0 aromatic heterocycles. The van der Waals surface area contributed by atoms with Crippen molar-refractivity contribution in [1.82, 2.24) is 10.2 Å². The Bertz CT molecular complexity index is 1270. The second-order valence-corrected chi connectivity index (χ2v) is 9.30. The van der Waals surface area contributed by atoms with Gasteiger partial charge in [0.05, 0.1) is 10.7 Å². The molecule has 1 fully saturated rings. The van der Waals surface area contributed by atoms with Crippen LogP contribution in [0.1, 0.15) is 31.8 Å². The number of rotatable bonds is 4. The topological polar surface area (TPSA) is 64.7 Å². The highest BCUT2D eigenvalue weighted by molar-refractivity contribution is 7.80. The lowest BCUT2D eigenvalue weighted by Crippen LogP contribution is -2.49. The van der Waals surface area contributed by atoms with Crippen LogP contribution in [0.15, 0.2) is 66.7 Å². The molecule has 1 aliphatic heterocycles. The number of nitrogens with zero attached hydrogens (tertiary/aromatic N) is 2. The zero-order valence-electron chi connectivity index (χ0n) is 19.7. The van der Waals surface area contributed by atoms with Crippen LogP contribution < -0.4 is 15.5 Å². The zero-order chi connectivity index (χ0) is 24.9. The molecule has 8 heteroatoms. The van der Waals surface area contributed by atoms with Crippen molar-refractivity contribution >= 4 is 52.1 Å². The normalized spacial score (nSPS) is 13.3. The van der Waals surface area contributed by atoms with Gasteiger partial charge in [-0.05, 0) is 67.5 Å².